The van der Waals surface area contributed by atoms with Crippen LogP contribution in [0.15, 0.2) is 12.1 Å². The molecule has 0 atom stereocenters. The summed E-state index contributed by atoms with van der Waals surface area (Å²) in [5, 5.41) is 14.3. The van der Waals surface area contributed by atoms with Crippen molar-refractivity contribution in [3.05, 3.63) is 22.2 Å². The Balaban J connectivity index is 2.06. The second kappa shape index (κ2) is 5.53. The van der Waals surface area contributed by atoms with Crippen LogP contribution in [0.3, 0.4) is 0 Å². The molecular formula is C12H16Cl2N2O2. The lowest BCUT2D eigenvalue weighted by Gasteiger charge is -2.32. The van der Waals surface area contributed by atoms with E-state index in [4.69, 9.17) is 33.7 Å². The zero-order valence-electron chi connectivity index (χ0n) is 9.88. The number of anilines is 2. The van der Waals surface area contributed by atoms with Crippen LogP contribution in [0.4, 0.5) is 11.4 Å². The fraction of sp³-hybridized carbons (Fsp3) is 0.500. The first-order chi connectivity index (χ1) is 8.50. The van der Waals surface area contributed by atoms with Gasteiger partial charge in [-0.1, -0.05) is 23.2 Å². The van der Waals surface area contributed by atoms with E-state index in [0.717, 1.165) is 0 Å². The Kier molecular flexibility index (Phi) is 4.22. The summed E-state index contributed by atoms with van der Waals surface area (Å²) in [5.41, 5.74) is 5.98. The quantitative estimate of drug-likeness (QED) is 0.749. The first-order valence-corrected chi connectivity index (χ1v) is 6.54. The Morgan fingerprint density at radius 1 is 1.28 bits per heavy atom. The van der Waals surface area contributed by atoms with Gasteiger partial charge in [-0.05, 0) is 12.1 Å². The maximum absolute atomic E-state index is 10.3. The molecule has 18 heavy (non-hydrogen) atoms. The van der Waals surface area contributed by atoms with E-state index in [1.165, 1.54) is 0 Å². The van der Waals surface area contributed by atoms with Gasteiger partial charge in [-0.2, -0.15) is 0 Å². The SMILES string of the molecule is Nc1cc(Cl)c(NCC2(O)CCOCC2)c(Cl)c1. The van der Waals surface area contributed by atoms with Crippen LogP contribution in [0.1, 0.15) is 12.8 Å². The fourth-order valence-electron chi connectivity index (χ4n) is 1.94. The number of nitrogens with one attached hydrogen (secondary N) is 1. The molecule has 1 heterocycles. The standard InChI is InChI=1S/C12H16Cl2N2O2/c13-9-5-8(15)6-10(14)11(9)16-7-12(17)1-3-18-4-2-12/h5-6,16-17H,1-4,7,15H2. The van der Waals surface area contributed by atoms with Crippen molar-refractivity contribution >= 4 is 34.6 Å². The van der Waals surface area contributed by atoms with Crippen molar-refractivity contribution in [2.75, 3.05) is 30.8 Å². The molecule has 0 aromatic heterocycles. The highest BCUT2D eigenvalue weighted by atomic mass is 35.5. The zero-order chi connectivity index (χ0) is 13.2. The Morgan fingerprint density at radius 3 is 2.39 bits per heavy atom. The average molecular weight is 291 g/mol. The molecule has 0 spiro atoms. The van der Waals surface area contributed by atoms with E-state index >= 15 is 0 Å². The van der Waals surface area contributed by atoms with E-state index in [1.54, 1.807) is 12.1 Å². The first-order valence-electron chi connectivity index (χ1n) is 5.79. The second-order valence-corrected chi connectivity index (χ2v) is 5.36. The second-order valence-electron chi connectivity index (χ2n) is 4.55. The largest absolute Gasteiger partial charge is 0.399 e. The first kappa shape index (κ1) is 13.7. The van der Waals surface area contributed by atoms with E-state index in [-0.39, 0.29) is 0 Å². The molecule has 4 nitrogen and oxygen atoms in total. The van der Waals surface area contributed by atoms with Crippen molar-refractivity contribution in [2.45, 2.75) is 18.4 Å². The normalized spacial score (nSPS) is 18.6. The van der Waals surface area contributed by atoms with Gasteiger partial charge in [0.05, 0.1) is 21.3 Å². The van der Waals surface area contributed by atoms with Gasteiger partial charge in [-0.3, -0.25) is 0 Å². The van der Waals surface area contributed by atoms with Crippen LogP contribution < -0.4 is 11.1 Å². The van der Waals surface area contributed by atoms with Gasteiger partial charge < -0.3 is 20.9 Å². The number of aliphatic hydroxyl groups is 1. The van der Waals surface area contributed by atoms with Gasteiger partial charge in [0, 0.05) is 38.3 Å². The lowest BCUT2D eigenvalue weighted by atomic mass is 9.94. The van der Waals surface area contributed by atoms with Gasteiger partial charge in [0.15, 0.2) is 0 Å². The van der Waals surface area contributed by atoms with E-state index in [1.807, 2.05) is 0 Å². The molecule has 2 rings (SSSR count). The average Bonchev–Trinajstić information content (AvgIpc) is 2.28. The topological polar surface area (TPSA) is 67.5 Å². The van der Waals surface area contributed by atoms with Gasteiger partial charge in [0.1, 0.15) is 0 Å². The maximum atomic E-state index is 10.3. The van der Waals surface area contributed by atoms with E-state index in [9.17, 15) is 5.11 Å². The lowest BCUT2D eigenvalue weighted by Crippen LogP contribution is -2.42. The van der Waals surface area contributed by atoms with Crippen LogP contribution in [0.2, 0.25) is 10.0 Å². The van der Waals surface area contributed by atoms with Crippen LogP contribution >= 0.6 is 23.2 Å². The molecule has 1 fully saturated rings. The molecule has 0 aliphatic carbocycles. The number of nitrogens with two attached hydrogens (primary N) is 1. The van der Waals surface area contributed by atoms with E-state index < -0.39 is 5.60 Å². The van der Waals surface area contributed by atoms with Gasteiger partial charge in [0.2, 0.25) is 0 Å². The Bertz CT molecular complexity index is 411. The minimum absolute atomic E-state index is 0.389. The molecule has 0 saturated carbocycles. The highest BCUT2D eigenvalue weighted by molar-refractivity contribution is 6.39. The van der Waals surface area contributed by atoms with Crippen molar-refractivity contribution < 1.29 is 9.84 Å². The maximum Gasteiger partial charge on any atom is 0.0863 e. The van der Waals surface area contributed by atoms with Gasteiger partial charge in [0.25, 0.3) is 0 Å². The van der Waals surface area contributed by atoms with E-state index in [0.29, 0.717) is 54.0 Å². The van der Waals surface area contributed by atoms with Crippen molar-refractivity contribution in [3.63, 3.8) is 0 Å². The number of nitrogen functional groups attached to an aromatic ring is 1. The molecule has 0 radical (unpaired) electrons. The molecule has 1 aliphatic rings. The van der Waals surface area contributed by atoms with Crippen LogP contribution in [0.25, 0.3) is 0 Å². The number of benzene rings is 1. The molecule has 6 heteroatoms. The van der Waals surface area contributed by atoms with Crippen molar-refractivity contribution in [1.29, 1.82) is 0 Å². The summed E-state index contributed by atoms with van der Waals surface area (Å²) in [6, 6.07) is 3.26. The van der Waals surface area contributed by atoms with Crippen LogP contribution in [-0.2, 0) is 4.74 Å². The molecule has 1 saturated heterocycles. The molecule has 0 unspecified atom stereocenters. The Labute approximate surface area is 116 Å². The van der Waals surface area contributed by atoms with E-state index in [2.05, 4.69) is 5.32 Å². The Morgan fingerprint density at radius 2 is 1.83 bits per heavy atom. The summed E-state index contributed by atoms with van der Waals surface area (Å²) >= 11 is 12.1. The van der Waals surface area contributed by atoms with Crippen LogP contribution in [0.5, 0.6) is 0 Å². The molecule has 100 valence electrons. The van der Waals surface area contributed by atoms with Crippen molar-refractivity contribution in [2.24, 2.45) is 0 Å². The molecule has 1 aliphatic heterocycles. The number of rotatable bonds is 3. The fourth-order valence-corrected chi connectivity index (χ4v) is 2.58. The van der Waals surface area contributed by atoms with Gasteiger partial charge in [-0.15, -0.1) is 0 Å². The minimum Gasteiger partial charge on any atom is -0.399 e. The zero-order valence-corrected chi connectivity index (χ0v) is 11.4. The van der Waals surface area contributed by atoms with Gasteiger partial charge in [-0.25, -0.2) is 0 Å². The molecule has 0 bridgehead atoms. The highest BCUT2D eigenvalue weighted by Crippen LogP contribution is 2.33. The third kappa shape index (κ3) is 3.20. The summed E-state index contributed by atoms with van der Waals surface area (Å²) in [6.45, 7) is 1.53. The summed E-state index contributed by atoms with van der Waals surface area (Å²) in [4.78, 5) is 0. The predicted octanol–water partition coefficient (Wildman–Crippen LogP) is 2.53. The smallest absolute Gasteiger partial charge is 0.0863 e. The van der Waals surface area contributed by atoms with Gasteiger partial charge >= 0.3 is 0 Å². The third-order valence-corrected chi connectivity index (χ3v) is 3.68. The molecule has 1 aromatic carbocycles. The summed E-state index contributed by atoms with van der Waals surface area (Å²) in [7, 11) is 0. The number of hydrogen-bond acceptors (Lipinski definition) is 4. The minimum atomic E-state index is -0.772. The number of hydrogen-bond donors (Lipinski definition) is 3. The summed E-state index contributed by atoms with van der Waals surface area (Å²) in [6.07, 6.45) is 1.20. The van der Waals surface area contributed by atoms with Crippen LogP contribution in [-0.4, -0.2) is 30.5 Å². The third-order valence-electron chi connectivity index (χ3n) is 3.08. The summed E-state index contributed by atoms with van der Waals surface area (Å²) in [5.74, 6) is 0. The molecular weight excluding hydrogens is 275 g/mol. The predicted molar refractivity (Wildman–Crippen MR) is 74.4 cm³/mol. The van der Waals surface area contributed by atoms with Crippen molar-refractivity contribution in [3.8, 4) is 0 Å². The summed E-state index contributed by atoms with van der Waals surface area (Å²) < 4.78 is 5.22. The Hall–Kier alpha value is -0.680. The molecule has 0 amide bonds. The number of ether oxygens (including phenoxy) is 1. The van der Waals surface area contributed by atoms with Crippen LogP contribution in [0, 0.1) is 0 Å². The van der Waals surface area contributed by atoms with Crippen molar-refractivity contribution in [1.82, 2.24) is 0 Å². The monoisotopic (exact) mass is 290 g/mol. The molecule has 1 aromatic rings. The molecule has 4 N–H and O–H groups in total. The number of halogens is 2. The highest BCUT2D eigenvalue weighted by Gasteiger charge is 2.29. The lowest BCUT2D eigenvalue weighted by molar-refractivity contribution is -0.0543.